The van der Waals surface area contributed by atoms with E-state index in [0.717, 1.165) is 15.7 Å². The number of hydrogen-bond donors (Lipinski definition) is 1. The molecule has 0 saturated heterocycles. The number of hydrazone groups is 1. The van der Waals surface area contributed by atoms with Gasteiger partial charge in [0.15, 0.2) is 0 Å². The van der Waals surface area contributed by atoms with Gasteiger partial charge in [0.25, 0.3) is 5.69 Å². The van der Waals surface area contributed by atoms with Crippen LogP contribution in [0.1, 0.15) is 12.5 Å². The van der Waals surface area contributed by atoms with E-state index in [-0.39, 0.29) is 5.69 Å². The topological polar surface area (TPSA) is 80.4 Å². The molecule has 0 radical (unpaired) electrons. The summed E-state index contributed by atoms with van der Waals surface area (Å²) in [7, 11) is 0. The van der Waals surface area contributed by atoms with Gasteiger partial charge < -0.3 is 0 Å². The summed E-state index contributed by atoms with van der Waals surface area (Å²) in [6.45, 7) is 1.79. The maximum Gasteiger partial charge on any atom is 0.270 e. The monoisotopic (exact) mass is 416 g/mol. The van der Waals surface area contributed by atoms with Gasteiger partial charge in [0, 0.05) is 33.1 Å². The third-order valence-corrected chi connectivity index (χ3v) is 4.71. The second kappa shape index (κ2) is 7.54. The van der Waals surface area contributed by atoms with Crippen LogP contribution in [0.2, 0.25) is 0 Å². The fourth-order valence-corrected chi connectivity index (χ4v) is 3.04. The number of rotatable bonds is 5. The highest BCUT2D eigenvalue weighted by Crippen LogP contribution is 2.26. The first-order chi connectivity index (χ1) is 12.0. The van der Waals surface area contributed by atoms with Crippen molar-refractivity contribution in [1.82, 2.24) is 4.98 Å². The summed E-state index contributed by atoms with van der Waals surface area (Å²) >= 11 is 4.85. The predicted molar refractivity (Wildman–Crippen MR) is 104 cm³/mol. The third-order valence-electron chi connectivity index (χ3n) is 3.44. The summed E-state index contributed by atoms with van der Waals surface area (Å²) in [6, 6.07) is 14.3. The van der Waals surface area contributed by atoms with E-state index in [1.807, 2.05) is 29.6 Å². The summed E-state index contributed by atoms with van der Waals surface area (Å²) in [5, 5.41) is 17.7. The molecular formula is C17H13BrN4O2S. The van der Waals surface area contributed by atoms with Crippen LogP contribution in [-0.4, -0.2) is 15.6 Å². The number of anilines is 1. The number of nitrogens with zero attached hydrogens (tertiary/aromatic N) is 3. The van der Waals surface area contributed by atoms with Gasteiger partial charge in [0.2, 0.25) is 5.13 Å². The van der Waals surface area contributed by atoms with Crippen LogP contribution in [-0.2, 0) is 0 Å². The molecule has 0 bridgehead atoms. The van der Waals surface area contributed by atoms with E-state index < -0.39 is 4.92 Å². The van der Waals surface area contributed by atoms with Gasteiger partial charge in [-0.2, -0.15) is 5.10 Å². The van der Waals surface area contributed by atoms with E-state index in [4.69, 9.17) is 0 Å². The van der Waals surface area contributed by atoms with Crippen LogP contribution in [0.15, 0.2) is 63.5 Å². The Kier molecular flexibility index (Phi) is 5.20. The lowest BCUT2D eigenvalue weighted by Crippen LogP contribution is -2.00. The number of non-ortho nitro benzene ring substituents is 1. The average molecular weight is 417 g/mol. The zero-order valence-corrected chi connectivity index (χ0v) is 15.5. The molecule has 0 aliphatic heterocycles. The lowest BCUT2D eigenvalue weighted by molar-refractivity contribution is -0.384. The second-order valence-corrected chi connectivity index (χ2v) is 6.94. The molecule has 0 unspecified atom stereocenters. The van der Waals surface area contributed by atoms with Gasteiger partial charge in [-0.05, 0) is 19.1 Å². The van der Waals surface area contributed by atoms with Crippen molar-refractivity contribution in [1.29, 1.82) is 0 Å². The number of thiazole rings is 1. The zero-order chi connectivity index (χ0) is 17.8. The highest BCUT2D eigenvalue weighted by Gasteiger charge is 2.08. The van der Waals surface area contributed by atoms with Crippen LogP contribution in [0, 0.1) is 10.1 Å². The standard InChI is InChI=1S/C17H13BrN4O2S/c1-11(13-3-2-4-15(9-13)22(23)24)20-21-17-19-16(10-25-17)12-5-7-14(18)8-6-12/h2-10H,1H3,(H,19,21)/b20-11+. The summed E-state index contributed by atoms with van der Waals surface area (Å²) in [5.41, 5.74) is 6.16. The van der Waals surface area contributed by atoms with Gasteiger partial charge in [-0.1, -0.05) is 40.2 Å². The van der Waals surface area contributed by atoms with Crippen molar-refractivity contribution in [2.75, 3.05) is 5.43 Å². The molecule has 0 aliphatic rings. The van der Waals surface area contributed by atoms with Gasteiger partial charge in [0.05, 0.1) is 16.3 Å². The van der Waals surface area contributed by atoms with Crippen LogP contribution >= 0.6 is 27.3 Å². The molecule has 1 heterocycles. The number of nitrogens with one attached hydrogen (secondary N) is 1. The minimum absolute atomic E-state index is 0.0406. The number of nitro groups is 1. The Morgan fingerprint density at radius 2 is 2.04 bits per heavy atom. The molecular weight excluding hydrogens is 404 g/mol. The Hall–Kier alpha value is -2.58. The molecule has 1 aromatic heterocycles. The highest BCUT2D eigenvalue weighted by atomic mass is 79.9. The Morgan fingerprint density at radius 1 is 1.28 bits per heavy atom. The normalized spacial score (nSPS) is 11.4. The predicted octanol–water partition coefficient (Wildman–Crippen LogP) is 5.32. The fourth-order valence-electron chi connectivity index (χ4n) is 2.12. The number of aromatic nitrogens is 1. The van der Waals surface area contributed by atoms with E-state index in [1.54, 1.807) is 19.1 Å². The molecule has 0 fully saturated rings. The quantitative estimate of drug-likeness (QED) is 0.346. The van der Waals surface area contributed by atoms with Crippen LogP contribution in [0.25, 0.3) is 11.3 Å². The van der Waals surface area contributed by atoms with Gasteiger partial charge in [-0.3, -0.25) is 15.5 Å². The molecule has 6 nitrogen and oxygen atoms in total. The van der Waals surface area contributed by atoms with Gasteiger partial charge in [0.1, 0.15) is 0 Å². The van der Waals surface area contributed by atoms with Crippen molar-refractivity contribution in [3.8, 4) is 11.3 Å². The van der Waals surface area contributed by atoms with Crippen molar-refractivity contribution in [2.24, 2.45) is 5.10 Å². The third kappa shape index (κ3) is 4.28. The fraction of sp³-hybridized carbons (Fsp3) is 0.0588. The second-order valence-electron chi connectivity index (χ2n) is 5.16. The van der Waals surface area contributed by atoms with Gasteiger partial charge >= 0.3 is 0 Å². The van der Waals surface area contributed by atoms with Gasteiger partial charge in [-0.15, -0.1) is 11.3 Å². The maximum absolute atomic E-state index is 10.9. The smallest absolute Gasteiger partial charge is 0.258 e. The van der Waals surface area contributed by atoms with Crippen LogP contribution in [0.3, 0.4) is 0 Å². The SMILES string of the molecule is C/C(=N\Nc1nc(-c2ccc(Br)cc2)cs1)c1cccc([N+](=O)[O-])c1. The molecule has 3 aromatic rings. The molecule has 8 heteroatoms. The molecule has 0 spiro atoms. The lowest BCUT2D eigenvalue weighted by atomic mass is 10.1. The molecule has 0 aliphatic carbocycles. The van der Waals surface area contributed by atoms with E-state index in [1.165, 1.54) is 23.5 Å². The summed E-state index contributed by atoms with van der Waals surface area (Å²) in [6.07, 6.45) is 0. The van der Waals surface area contributed by atoms with E-state index >= 15 is 0 Å². The highest BCUT2D eigenvalue weighted by molar-refractivity contribution is 9.10. The largest absolute Gasteiger partial charge is 0.270 e. The van der Waals surface area contributed by atoms with Crippen LogP contribution in [0.5, 0.6) is 0 Å². The molecule has 126 valence electrons. The number of hydrogen-bond acceptors (Lipinski definition) is 6. The Bertz CT molecular complexity index is 938. The Morgan fingerprint density at radius 3 is 2.76 bits per heavy atom. The molecule has 2 aromatic carbocycles. The molecule has 3 rings (SSSR count). The minimum Gasteiger partial charge on any atom is -0.258 e. The molecule has 0 atom stereocenters. The summed E-state index contributed by atoms with van der Waals surface area (Å²) < 4.78 is 1.02. The average Bonchev–Trinajstić information content (AvgIpc) is 3.09. The molecule has 1 N–H and O–H groups in total. The first-order valence-corrected chi connectivity index (χ1v) is 8.97. The van der Waals surface area contributed by atoms with Crippen molar-refractivity contribution in [3.05, 3.63) is 74.1 Å². The van der Waals surface area contributed by atoms with Crippen molar-refractivity contribution < 1.29 is 4.92 Å². The molecule has 0 saturated carbocycles. The summed E-state index contributed by atoms with van der Waals surface area (Å²) in [4.78, 5) is 14.9. The van der Waals surface area contributed by atoms with E-state index in [2.05, 4.69) is 31.4 Å². The van der Waals surface area contributed by atoms with E-state index in [9.17, 15) is 10.1 Å². The van der Waals surface area contributed by atoms with Crippen molar-refractivity contribution >= 4 is 43.8 Å². The number of halogens is 1. The maximum atomic E-state index is 10.9. The van der Waals surface area contributed by atoms with Crippen LogP contribution < -0.4 is 5.43 Å². The first-order valence-electron chi connectivity index (χ1n) is 7.29. The lowest BCUT2D eigenvalue weighted by Gasteiger charge is -2.01. The number of benzene rings is 2. The van der Waals surface area contributed by atoms with E-state index in [0.29, 0.717) is 16.4 Å². The number of nitro benzene ring substituents is 1. The van der Waals surface area contributed by atoms with Crippen LogP contribution in [0.4, 0.5) is 10.8 Å². The summed E-state index contributed by atoms with van der Waals surface area (Å²) in [5.74, 6) is 0. The van der Waals surface area contributed by atoms with Crippen molar-refractivity contribution in [3.63, 3.8) is 0 Å². The zero-order valence-electron chi connectivity index (χ0n) is 13.1. The Balaban J connectivity index is 1.74. The first kappa shape index (κ1) is 17.2. The molecule has 0 amide bonds. The molecule has 25 heavy (non-hydrogen) atoms. The van der Waals surface area contributed by atoms with Gasteiger partial charge in [-0.25, -0.2) is 4.98 Å². The Labute approximate surface area is 156 Å². The minimum atomic E-state index is -0.421. The van der Waals surface area contributed by atoms with Crippen molar-refractivity contribution in [2.45, 2.75) is 6.92 Å².